The predicted molar refractivity (Wildman–Crippen MR) is 107 cm³/mol. The molecular weight excluding hydrogens is 360 g/mol. The first kappa shape index (κ1) is 17.6. The number of ether oxygens (including phenoxy) is 1. The van der Waals surface area contributed by atoms with E-state index in [9.17, 15) is 0 Å². The van der Waals surface area contributed by atoms with E-state index in [1.54, 1.807) is 18.0 Å². The fourth-order valence-corrected chi connectivity index (χ4v) is 3.51. The second-order valence-electron chi connectivity index (χ2n) is 6.16. The Labute approximate surface area is 161 Å². The number of aryl methyl sites for hydroxylation is 1. The fourth-order valence-electron chi connectivity index (χ4n) is 2.86. The van der Waals surface area contributed by atoms with Crippen LogP contribution in [0.2, 0.25) is 0 Å². The predicted octanol–water partition coefficient (Wildman–Crippen LogP) is 3.98. The van der Waals surface area contributed by atoms with Crippen molar-refractivity contribution in [3.63, 3.8) is 0 Å². The maximum absolute atomic E-state index is 5.38. The van der Waals surface area contributed by atoms with Crippen LogP contribution in [0.4, 0.5) is 5.69 Å². The van der Waals surface area contributed by atoms with Crippen molar-refractivity contribution in [1.82, 2.24) is 24.5 Å². The van der Waals surface area contributed by atoms with Crippen LogP contribution >= 0.6 is 11.9 Å². The molecule has 0 aliphatic rings. The van der Waals surface area contributed by atoms with Gasteiger partial charge in [-0.2, -0.15) is 10.2 Å². The third-order valence-corrected chi connectivity index (χ3v) is 5.19. The summed E-state index contributed by atoms with van der Waals surface area (Å²) < 4.78 is 12.4. The van der Waals surface area contributed by atoms with Crippen molar-refractivity contribution < 1.29 is 4.74 Å². The molecule has 1 atom stereocenters. The monoisotopic (exact) mass is 380 g/mol. The van der Waals surface area contributed by atoms with Gasteiger partial charge in [-0.3, -0.25) is 4.68 Å². The molecule has 3 heterocycles. The average Bonchev–Trinajstić information content (AvgIpc) is 3.33. The molecule has 0 amide bonds. The van der Waals surface area contributed by atoms with E-state index >= 15 is 0 Å². The highest BCUT2D eigenvalue weighted by molar-refractivity contribution is 8.00. The minimum absolute atomic E-state index is 0.0113. The standard InChI is InChI=1S/C19H20N6OS/c1-13(26-3)14-7-8-20-18(9-14)25-12-16(11-22-25)27-23-17-6-4-5-15-10-21-24(2)19(15)17/h4-13,23H,1-3H3. The van der Waals surface area contributed by atoms with Gasteiger partial charge in [0.25, 0.3) is 0 Å². The summed E-state index contributed by atoms with van der Waals surface area (Å²) in [5, 5.41) is 9.85. The van der Waals surface area contributed by atoms with Gasteiger partial charge in [-0.05, 0) is 42.6 Å². The smallest absolute Gasteiger partial charge is 0.153 e. The van der Waals surface area contributed by atoms with Crippen LogP contribution in [0.3, 0.4) is 0 Å². The van der Waals surface area contributed by atoms with Gasteiger partial charge in [-0.15, -0.1) is 0 Å². The molecule has 4 rings (SSSR count). The van der Waals surface area contributed by atoms with E-state index in [2.05, 4.69) is 26.0 Å². The number of fused-ring (bicyclic) bond motifs is 1. The lowest BCUT2D eigenvalue weighted by atomic mass is 10.2. The lowest BCUT2D eigenvalue weighted by Crippen LogP contribution is -2.01. The number of nitrogens with zero attached hydrogens (tertiary/aromatic N) is 5. The first-order chi connectivity index (χ1) is 13.2. The zero-order valence-corrected chi connectivity index (χ0v) is 16.1. The van der Waals surface area contributed by atoms with Gasteiger partial charge in [0.15, 0.2) is 5.82 Å². The molecule has 0 spiro atoms. The van der Waals surface area contributed by atoms with Gasteiger partial charge >= 0.3 is 0 Å². The molecule has 4 aromatic rings. The van der Waals surface area contributed by atoms with Gasteiger partial charge in [0.1, 0.15) is 0 Å². The number of anilines is 1. The molecule has 0 fully saturated rings. The van der Waals surface area contributed by atoms with Crippen LogP contribution < -0.4 is 4.72 Å². The number of methoxy groups -OCH3 is 1. The van der Waals surface area contributed by atoms with E-state index in [0.29, 0.717) is 0 Å². The van der Waals surface area contributed by atoms with Gasteiger partial charge in [0.2, 0.25) is 0 Å². The number of para-hydroxylation sites is 1. The molecule has 138 valence electrons. The van der Waals surface area contributed by atoms with E-state index in [1.807, 2.05) is 61.5 Å². The zero-order chi connectivity index (χ0) is 18.8. The van der Waals surface area contributed by atoms with Crippen LogP contribution in [0.5, 0.6) is 0 Å². The summed E-state index contributed by atoms with van der Waals surface area (Å²) in [5.74, 6) is 0.761. The highest BCUT2D eigenvalue weighted by atomic mass is 32.2. The minimum atomic E-state index is 0.0113. The molecule has 27 heavy (non-hydrogen) atoms. The number of rotatable bonds is 6. The molecule has 0 aliphatic carbocycles. The van der Waals surface area contributed by atoms with Crippen molar-refractivity contribution in [1.29, 1.82) is 0 Å². The molecular formula is C19H20N6OS. The minimum Gasteiger partial charge on any atom is -0.377 e. The molecule has 8 heteroatoms. The van der Waals surface area contributed by atoms with E-state index in [-0.39, 0.29) is 6.10 Å². The lowest BCUT2D eigenvalue weighted by Gasteiger charge is -2.10. The Morgan fingerprint density at radius 2 is 2.07 bits per heavy atom. The zero-order valence-electron chi connectivity index (χ0n) is 15.3. The van der Waals surface area contributed by atoms with Crippen molar-refractivity contribution in [2.75, 3.05) is 11.8 Å². The molecule has 1 N–H and O–H groups in total. The van der Waals surface area contributed by atoms with Crippen LogP contribution in [-0.4, -0.2) is 31.7 Å². The number of pyridine rings is 1. The molecule has 0 radical (unpaired) electrons. The molecule has 0 saturated carbocycles. The maximum atomic E-state index is 5.38. The van der Waals surface area contributed by atoms with Gasteiger partial charge in [0, 0.05) is 31.9 Å². The third kappa shape index (κ3) is 3.54. The third-order valence-electron chi connectivity index (χ3n) is 4.43. The lowest BCUT2D eigenvalue weighted by molar-refractivity contribution is 0.119. The number of hydrogen-bond donors (Lipinski definition) is 1. The summed E-state index contributed by atoms with van der Waals surface area (Å²) in [6, 6.07) is 10.0. The highest BCUT2D eigenvalue weighted by Crippen LogP contribution is 2.28. The van der Waals surface area contributed by atoms with Crippen molar-refractivity contribution in [3.05, 3.63) is 60.7 Å². The van der Waals surface area contributed by atoms with Gasteiger partial charge in [-0.25, -0.2) is 9.67 Å². The topological polar surface area (TPSA) is 69.8 Å². The summed E-state index contributed by atoms with van der Waals surface area (Å²) in [6.45, 7) is 2.01. The molecule has 0 saturated heterocycles. The molecule has 1 unspecified atom stereocenters. The number of benzene rings is 1. The average molecular weight is 380 g/mol. The van der Waals surface area contributed by atoms with Gasteiger partial charge in [-0.1, -0.05) is 12.1 Å². The van der Waals surface area contributed by atoms with E-state index < -0.39 is 0 Å². The summed E-state index contributed by atoms with van der Waals surface area (Å²) in [6.07, 6.45) is 7.41. The molecule has 0 bridgehead atoms. The number of nitrogens with one attached hydrogen (secondary N) is 1. The molecule has 7 nitrogen and oxygen atoms in total. The largest absolute Gasteiger partial charge is 0.377 e. The summed E-state index contributed by atoms with van der Waals surface area (Å²) in [5.41, 5.74) is 3.15. The molecule has 3 aromatic heterocycles. The molecule has 1 aromatic carbocycles. The number of aromatic nitrogens is 5. The van der Waals surface area contributed by atoms with E-state index in [1.165, 1.54) is 11.9 Å². The van der Waals surface area contributed by atoms with Crippen LogP contribution in [0, 0.1) is 0 Å². The Kier molecular flexibility index (Phi) is 4.83. The highest BCUT2D eigenvalue weighted by Gasteiger charge is 2.09. The first-order valence-electron chi connectivity index (χ1n) is 8.53. The SMILES string of the molecule is COC(C)c1ccnc(-n2cc(SNc3cccc4cnn(C)c34)cn2)c1. The van der Waals surface area contributed by atoms with Crippen molar-refractivity contribution in [3.8, 4) is 5.82 Å². The number of hydrogen-bond acceptors (Lipinski definition) is 6. The van der Waals surface area contributed by atoms with Crippen molar-refractivity contribution in [2.24, 2.45) is 7.05 Å². The first-order valence-corrected chi connectivity index (χ1v) is 9.34. The van der Waals surface area contributed by atoms with Crippen LogP contribution in [-0.2, 0) is 11.8 Å². The maximum Gasteiger partial charge on any atom is 0.153 e. The van der Waals surface area contributed by atoms with Crippen molar-refractivity contribution >= 4 is 28.5 Å². The normalized spacial score (nSPS) is 12.4. The van der Waals surface area contributed by atoms with Crippen LogP contribution in [0.1, 0.15) is 18.6 Å². The van der Waals surface area contributed by atoms with Crippen molar-refractivity contribution in [2.45, 2.75) is 17.9 Å². The Balaban J connectivity index is 1.52. The second-order valence-corrected chi connectivity index (χ2v) is 7.04. The Morgan fingerprint density at radius 3 is 2.93 bits per heavy atom. The van der Waals surface area contributed by atoms with Gasteiger partial charge in [0.05, 0.1) is 34.6 Å². The van der Waals surface area contributed by atoms with Crippen LogP contribution in [0.15, 0.2) is 60.0 Å². The quantitative estimate of drug-likeness (QED) is 0.510. The van der Waals surface area contributed by atoms with Gasteiger partial charge < -0.3 is 9.46 Å². The Hall–Kier alpha value is -2.84. The van der Waals surface area contributed by atoms with E-state index in [4.69, 9.17) is 4.74 Å². The summed E-state index contributed by atoms with van der Waals surface area (Å²) in [4.78, 5) is 5.39. The summed E-state index contributed by atoms with van der Waals surface area (Å²) >= 11 is 1.50. The van der Waals surface area contributed by atoms with E-state index in [0.717, 1.165) is 32.9 Å². The Bertz CT molecular complexity index is 1070. The van der Waals surface area contributed by atoms with Crippen LogP contribution in [0.25, 0.3) is 16.7 Å². The Morgan fingerprint density at radius 1 is 1.19 bits per heavy atom. The fraction of sp³-hybridized carbons (Fsp3) is 0.211. The molecule has 0 aliphatic heterocycles. The summed E-state index contributed by atoms with van der Waals surface area (Å²) in [7, 11) is 3.64. The second kappa shape index (κ2) is 7.42.